The van der Waals surface area contributed by atoms with Crippen LogP contribution in [0.2, 0.25) is 0 Å². The van der Waals surface area contributed by atoms with Gasteiger partial charge in [-0.2, -0.15) is 0 Å². The number of nitrogens with zero attached hydrogens (tertiary/aromatic N) is 1. The van der Waals surface area contributed by atoms with Crippen LogP contribution in [-0.2, 0) is 6.54 Å². The van der Waals surface area contributed by atoms with Gasteiger partial charge in [-0.3, -0.25) is 4.90 Å². The zero-order valence-corrected chi connectivity index (χ0v) is 10.1. The van der Waals surface area contributed by atoms with E-state index in [-0.39, 0.29) is 5.82 Å². The van der Waals surface area contributed by atoms with E-state index in [4.69, 9.17) is 5.73 Å². The zero-order chi connectivity index (χ0) is 12.5. The number of hydrogen-bond acceptors (Lipinski definition) is 3. The molecule has 0 atom stereocenters. The van der Waals surface area contributed by atoms with E-state index >= 15 is 0 Å². The molecular formula is C13H19FN2O. The molecular weight excluding hydrogens is 219 g/mol. The molecule has 1 aromatic carbocycles. The number of piperidine rings is 1. The summed E-state index contributed by atoms with van der Waals surface area (Å²) < 4.78 is 13.2. The predicted octanol–water partition coefficient (Wildman–Crippen LogP) is 1.75. The van der Waals surface area contributed by atoms with Gasteiger partial charge in [0.25, 0.3) is 0 Å². The van der Waals surface area contributed by atoms with Crippen LogP contribution in [0.3, 0.4) is 0 Å². The van der Waals surface area contributed by atoms with Crippen LogP contribution in [0.5, 0.6) is 0 Å². The minimum absolute atomic E-state index is 0.288. The van der Waals surface area contributed by atoms with Gasteiger partial charge < -0.3 is 10.8 Å². The molecule has 17 heavy (non-hydrogen) atoms. The van der Waals surface area contributed by atoms with E-state index < -0.39 is 5.60 Å². The van der Waals surface area contributed by atoms with Crippen LogP contribution in [0, 0.1) is 5.82 Å². The number of benzene rings is 1. The summed E-state index contributed by atoms with van der Waals surface area (Å²) in [6.45, 7) is 4.23. The molecule has 2 rings (SSSR count). The van der Waals surface area contributed by atoms with Crippen LogP contribution in [-0.4, -0.2) is 28.7 Å². The van der Waals surface area contributed by atoms with E-state index in [1.54, 1.807) is 6.07 Å². The monoisotopic (exact) mass is 238 g/mol. The lowest BCUT2D eigenvalue weighted by Crippen LogP contribution is -2.41. The molecule has 0 radical (unpaired) electrons. The third-order valence-electron chi connectivity index (χ3n) is 3.32. The molecule has 4 heteroatoms. The summed E-state index contributed by atoms with van der Waals surface area (Å²) in [5, 5.41) is 9.84. The third kappa shape index (κ3) is 3.41. The minimum atomic E-state index is -0.544. The van der Waals surface area contributed by atoms with Crippen LogP contribution in [0.1, 0.15) is 25.3 Å². The Morgan fingerprint density at radius 3 is 2.59 bits per heavy atom. The number of halogens is 1. The molecule has 0 amide bonds. The number of nitrogen functional groups attached to an aromatic ring is 1. The van der Waals surface area contributed by atoms with Crippen LogP contribution >= 0.6 is 0 Å². The lowest BCUT2D eigenvalue weighted by atomic mass is 9.93. The first-order valence-corrected chi connectivity index (χ1v) is 5.94. The maximum absolute atomic E-state index is 13.2. The Labute approximate surface area is 101 Å². The number of nitrogens with two attached hydrogens (primary N) is 1. The van der Waals surface area contributed by atoms with Gasteiger partial charge in [0.05, 0.1) is 5.60 Å². The number of likely N-dealkylation sites (tertiary alicyclic amines) is 1. The van der Waals surface area contributed by atoms with E-state index in [1.165, 1.54) is 12.1 Å². The Balaban J connectivity index is 1.97. The van der Waals surface area contributed by atoms with Crippen molar-refractivity contribution in [1.82, 2.24) is 4.90 Å². The molecule has 0 aliphatic carbocycles. The van der Waals surface area contributed by atoms with Crippen LogP contribution < -0.4 is 5.73 Å². The van der Waals surface area contributed by atoms with Gasteiger partial charge in [0, 0.05) is 25.3 Å². The second kappa shape index (κ2) is 4.63. The second-order valence-corrected chi connectivity index (χ2v) is 5.17. The van der Waals surface area contributed by atoms with Gasteiger partial charge in [-0.15, -0.1) is 0 Å². The first-order chi connectivity index (χ1) is 7.94. The summed E-state index contributed by atoms with van der Waals surface area (Å²) in [7, 11) is 0. The zero-order valence-electron chi connectivity index (χ0n) is 10.1. The Bertz CT molecular complexity index is 376. The van der Waals surface area contributed by atoms with Crippen LogP contribution in [0.25, 0.3) is 0 Å². The SMILES string of the molecule is CC1(O)CCN(Cc2cc(N)cc(F)c2)CC1. The summed E-state index contributed by atoms with van der Waals surface area (Å²) >= 11 is 0. The fourth-order valence-corrected chi connectivity index (χ4v) is 2.22. The fraction of sp³-hybridized carbons (Fsp3) is 0.538. The lowest BCUT2D eigenvalue weighted by molar-refractivity contribution is -0.00731. The van der Waals surface area contributed by atoms with Crippen molar-refractivity contribution < 1.29 is 9.50 Å². The van der Waals surface area contributed by atoms with Crippen molar-refractivity contribution >= 4 is 5.69 Å². The Kier molecular flexibility index (Phi) is 3.35. The van der Waals surface area contributed by atoms with E-state index in [9.17, 15) is 9.50 Å². The summed E-state index contributed by atoms with van der Waals surface area (Å²) in [6, 6.07) is 4.64. The molecule has 1 aliphatic rings. The topological polar surface area (TPSA) is 49.5 Å². The van der Waals surface area contributed by atoms with Crippen molar-refractivity contribution in [3.8, 4) is 0 Å². The molecule has 1 saturated heterocycles. The van der Waals surface area contributed by atoms with Crippen molar-refractivity contribution in [2.45, 2.75) is 31.9 Å². The van der Waals surface area contributed by atoms with Crippen molar-refractivity contribution in [2.75, 3.05) is 18.8 Å². The van der Waals surface area contributed by atoms with Gasteiger partial charge in [-0.1, -0.05) is 0 Å². The molecule has 1 fully saturated rings. The number of anilines is 1. The summed E-state index contributed by atoms with van der Waals surface area (Å²) in [5.41, 5.74) is 6.42. The fourth-order valence-electron chi connectivity index (χ4n) is 2.22. The molecule has 0 spiro atoms. The maximum Gasteiger partial charge on any atom is 0.125 e. The second-order valence-electron chi connectivity index (χ2n) is 5.17. The Morgan fingerprint density at radius 1 is 1.35 bits per heavy atom. The molecule has 1 aliphatic heterocycles. The minimum Gasteiger partial charge on any atom is -0.399 e. The van der Waals surface area contributed by atoms with Gasteiger partial charge in [-0.25, -0.2) is 4.39 Å². The Morgan fingerprint density at radius 2 is 2.00 bits per heavy atom. The molecule has 94 valence electrons. The number of rotatable bonds is 2. The molecule has 3 nitrogen and oxygen atoms in total. The highest BCUT2D eigenvalue weighted by Gasteiger charge is 2.27. The summed E-state index contributed by atoms with van der Waals surface area (Å²) in [6.07, 6.45) is 1.52. The first-order valence-electron chi connectivity index (χ1n) is 5.94. The van der Waals surface area contributed by atoms with Crippen molar-refractivity contribution in [2.24, 2.45) is 0 Å². The average molecular weight is 238 g/mol. The molecule has 1 aromatic rings. The molecule has 0 bridgehead atoms. The van der Waals surface area contributed by atoms with E-state index in [1.807, 2.05) is 6.92 Å². The standard InChI is InChI=1S/C13H19FN2O/c1-13(17)2-4-16(5-3-13)9-10-6-11(14)8-12(15)7-10/h6-8,17H,2-5,9,15H2,1H3. The summed E-state index contributed by atoms with van der Waals surface area (Å²) in [5.74, 6) is -0.288. The lowest BCUT2D eigenvalue weighted by Gasteiger charge is -2.35. The van der Waals surface area contributed by atoms with Gasteiger partial charge in [0.1, 0.15) is 5.82 Å². The Hall–Kier alpha value is -1.13. The highest BCUT2D eigenvalue weighted by Crippen LogP contribution is 2.23. The van der Waals surface area contributed by atoms with Crippen molar-refractivity contribution in [1.29, 1.82) is 0 Å². The van der Waals surface area contributed by atoms with Gasteiger partial charge in [0.15, 0.2) is 0 Å². The van der Waals surface area contributed by atoms with Gasteiger partial charge in [0.2, 0.25) is 0 Å². The van der Waals surface area contributed by atoms with Gasteiger partial charge in [-0.05, 0) is 43.5 Å². The smallest absolute Gasteiger partial charge is 0.125 e. The van der Waals surface area contributed by atoms with Crippen molar-refractivity contribution in [3.63, 3.8) is 0 Å². The van der Waals surface area contributed by atoms with Crippen LogP contribution in [0.4, 0.5) is 10.1 Å². The summed E-state index contributed by atoms with van der Waals surface area (Å²) in [4.78, 5) is 2.21. The average Bonchev–Trinajstić information content (AvgIpc) is 2.20. The molecule has 3 N–H and O–H groups in total. The normalized spacial score (nSPS) is 20.4. The highest BCUT2D eigenvalue weighted by molar-refractivity contribution is 5.41. The predicted molar refractivity (Wildman–Crippen MR) is 65.9 cm³/mol. The third-order valence-corrected chi connectivity index (χ3v) is 3.32. The first kappa shape index (κ1) is 12.3. The van der Waals surface area contributed by atoms with Crippen molar-refractivity contribution in [3.05, 3.63) is 29.6 Å². The molecule has 0 saturated carbocycles. The maximum atomic E-state index is 13.2. The number of aliphatic hydroxyl groups is 1. The van der Waals surface area contributed by atoms with Gasteiger partial charge >= 0.3 is 0 Å². The molecule has 0 unspecified atom stereocenters. The highest BCUT2D eigenvalue weighted by atomic mass is 19.1. The molecule has 0 aromatic heterocycles. The van der Waals surface area contributed by atoms with E-state index in [0.29, 0.717) is 12.2 Å². The number of hydrogen-bond donors (Lipinski definition) is 2. The van der Waals surface area contributed by atoms with Crippen LogP contribution in [0.15, 0.2) is 18.2 Å². The molecule has 1 heterocycles. The largest absolute Gasteiger partial charge is 0.399 e. The quantitative estimate of drug-likeness (QED) is 0.772. The van der Waals surface area contributed by atoms with E-state index in [0.717, 1.165) is 31.5 Å². The van der Waals surface area contributed by atoms with E-state index in [2.05, 4.69) is 4.90 Å².